The third-order valence-corrected chi connectivity index (χ3v) is 8.43. The number of furan rings is 1. The van der Waals surface area contributed by atoms with Gasteiger partial charge < -0.3 is 4.42 Å². The zero-order valence-corrected chi connectivity index (χ0v) is 24.7. The highest BCUT2D eigenvalue weighted by atomic mass is 16.3. The Kier molecular flexibility index (Phi) is 4.08. The molecule has 1 heterocycles. The van der Waals surface area contributed by atoms with Gasteiger partial charge in [-0.3, -0.25) is 0 Å². The molecule has 1 aromatic heterocycles. The van der Waals surface area contributed by atoms with E-state index in [9.17, 15) is 5.48 Å². The van der Waals surface area contributed by atoms with Gasteiger partial charge in [-0.05, 0) is 49.4 Å². The topological polar surface area (TPSA) is 13.1 Å². The summed E-state index contributed by atoms with van der Waals surface area (Å²) >= 11 is 0. The minimum Gasteiger partial charge on any atom is -0.455 e. The molecule has 9 rings (SSSR count). The van der Waals surface area contributed by atoms with Crippen LogP contribution in [0.5, 0.6) is 0 Å². The fraction of sp³-hybridized carbons (Fsp3) is 0. The largest absolute Gasteiger partial charge is 0.455 e. The highest BCUT2D eigenvalue weighted by Crippen LogP contribution is 2.51. The lowest BCUT2D eigenvalue weighted by Crippen LogP contribution is -1.92. The van der Waals surface area contributed by atoms with Crippen LogP contribution in [0.1, 0.15) is 17.8 Å². The van der Waals surface area contributed by atoms with Crippen LogP contribution in [-0.2, 0) is 0 Å². The van der Waals surface area contributed by atoms with Crippen LogP contribution >= 0.6 is 0 Å². The third kappa shape index (κ3) is 4.47. The molecule has 8 aromatic carbocycles. The number of hydrogen-bond donors (Lipinski definition) is 0. The molecule has 47 heavy (non-hydrogen) atoms. The molecule has 0 fully saturated rings. The molecule has 0 amide bonds. The van der Waals surface area contributed by atoms with E-state index in [1.165, 1.54) is 0 Å². The van der Waals surface area contributed by atoms with Crippen LogP contribution < -0.4 is 0 Å². The van der Waals surface area contributed by atoms with Crippen molar-refractivity contribution in [3.63, 3.8) is 0 Å². The first kappa shape index (κ1) is 16.9. The Bertz CT molecular complexity index is 3180. The van der Waals surface area contributed by atoms with Crippen LogP contribution in [0, 0.1) is 0 Å². The maximum absolute atomic E-state index is 9.56. The smallest absolute Gasteiger partial charge is 0.143 e. The molecule has 0 aliphatic heterocycles. The van der Waals surface area contributed by atoms with Gasteiger partial charge in [0.15, 0.2) is 0 Å². The van der Waals surface area contributed by atoms with E-state index >= 15 is 0 Å². The molecule has 0 bridgehead atoms. The Labute approximate surface area is 292 Å². The van der Waals surface area contributed by atoms with Crippen LogP contribution in [-0.4, -0.2) is 0 Å². The van der Waals surface area contributed by atoms with Gasteiger partial charge in [0.2, 0.25) is 0 Å². The molecule has 0 N–H and O–H groups in total. The number of hydrogen-bond acceptors (Lipinski definition) is 1. The molecule has 0 radical (unpaired) electrons. The van der Waals surface area contributed by atoms with Crippen LogP contribution in [0.15, 0.2) is 186 Å². The van der Waals surface area contributed by atoms with E-state index in [1.54, 1.807) is 66.7 Å². The molecule has 0 aliphatic rings. The number of rotatable bonds is 5. The molecule has 220 valence electrons. The Morgan fingerprint density at radius 1 is 0.340 bits per heavy atom. The maximum atomic E-state index is 9.56. The van der Waals surface area contributed by atoms with Crippen LogP contribution in [0.25, 0.3) is 88.3 Å². The molecule has 0 saturated heterocycles. The van der Waals surface area contributed by atoms with E-state index in [1.807, 2.05) is 36.4 Å². The zero-order chi connectivity index (χ0) is 42.5. The summed E-state index contributed by atoms with van der Waals surface area (Å²) in [5.74, 6) is 0.0747. The second-order valence-corrected chi connectivity index (χ2v) is 11.0. The fourth-order valence-corrected chi connectivity index (χ4v) is 6.45. The summed E-state index contributed by atoms with van der Waals surface area (Å²) in [5.41, 5.74) is 3.02. The predicted molar refractivity (Wildman–Crippen MR) is 198 cm³/mol. The van der Waals surface area contributed by atoms with E-state index in [-0.39, 0.29) is 60.7 Å². The lowest BCUT2D eigenvalue weighted by Gasteiger charge is -2.18. The highest BCUT2D eigenvalue weighted by molar-refractivity contribution is 6.25. The monoisotopic (exact) mass is 611 g/mol. The Hall–Kier alpha value is -6.18. The molecule has 1 nitrogen and oxygen atoms in total. The first-order valence-electron chi connectivity index (χ1n) is 21.6. The summed E-state index contributed by atoms with van der Waals surface area (Å²) in [7, 11) is 0. The molecule has 0 saturated carbocycles. The third-order valence-electron chi connectivity index (χ3n) is 8.43. The van der Waals surface area contributed by atoms with Gasteiger partial charge in [0.1, 0.15) is 11.3 Å². The second-order valence-electron chi connectivity index (χ2n) is 11.0. The van der Waals surface area contributed by atoms with E-state index in [0.29, 0.717) is 22.1 Å². The Balaban J connectivity index is 1.59. The molecule has 9 aromatic rings. The van der Waals surface area contributed by atoms with Crippen LogP contribution in [0.2, 0.25) is 0 Å². The van der Waals surface area contributed by atoms with Gasteiger partial charge in [-0.15, -0.1) is 0 Å². The Morgan fingerprint density at radius 3 is 1.49 bits per heavy atom. The molecule has 0 aliphatic carbocycles. The van der Waals surface area contributed by atoms with Gasteiger partial charge in [0.25, 0.3) is 0 Å². The van der Waals surface area contributed by atoms with Crippen LogP contribution in [0.4, 0.5) is 0 Å². The summed E-state index contributed by atoms with van der Waals surface area (Å²) in [5, 5.41) is 0.437. The SMILES string of the molecule is [2H]c1c([2H])c([2H])c(-c2ccccc2-c2oc3c(-c4ccccc4)cccc3c2-c2c3c([2H])c([2H])c([2H])c([2H])c3c(-c3ccccc3)c3c([2H])c([2H])c([2H])c([2H])c23)c([2H])c1[2H]. The summed E-state index contributed by atoms with van der Waals surface area (Å²) in [6, 6.07) is 23.6. The standard InChI is InChI=1S/C46H30O/c1-4-17-31(18-5-1)34-23-10-15-28-40(34)46-44(41-30-16-29-35(45(41)47-46)32-19-6-2-7-20-32)43-38-26-13-11-24-36(38)42(33-21-8-3-9-22-33)37-25-12-14-27-39(37)43/h1-30H/i1D,4D,5D,11D,12D,13D,14D,17D,18D,24D,25D,26D,27D. The van der Waals surface area contributed by atoms with Crippen molar-refractivity contribution in [2.45, 2.75) is 0 Å². The van der Waals surface area contributed by atoms with Crippen molar-refractivity contribution in [2.75, 3.05) is 0 Å². The van der Waals surface area contributed by atoms with Crippen molar-refractivity contribution in [1.82, 2.24) is 0 Å². The van der Waals surface area contributed by atoms with Gasteiger partial charge in [0.05, 0.1) is 17.8 Å². The average Bonchev–Trinajstić information content (AvgIpc) is 3.66. The minimum atomic E-state index is -0.567. The first-order valence-corrected chi connectivity index (χ1v) is 15.1. The first-order chi connectivity index (χ1) is 28.8. The lowest BCUT2D eigenvalue weighted by molar-refractivity contribution is 0.634. The summed E-state index contributed by atoms with van der Waals surface area (Å²) in [6.45, 7) is 0. The molecular weight excluding hydrogens is 569 g/mol. The number of benzene rings is 8. The van der Waals surface area contributed by atoms with E-state index in [2.05, 4.69) is 0 Å². The van der Waals surface area contributed by atoms with Crippen molar-refractivity contribution >= 4 is 32.5 Å². The summed E-state index contributed by atoms with van der Waals surface area (Å²) < 4.78 is 124. The van der Waals surface area contributed by atoms with E-state index in [0.717, 1.165) is 5.56 Å². The molecule has 0 spiro atoms. The average molecular weight is 612 g/mol. The number of para-hydroxylation sites is 1. The maximum Gasteiger partial charge on any atom is 0.143 e. The molecule has 1 heteroatoms. The van der Waals surface area contributed by atoms with Gasteiger partial charge in [-0.2, -0.15) is 0 Å². The normalized spacial score (nSPS) is 15.3. The molecule has 0 unspecified atom stereocenters. The van der Waals surface area contributed by atoms with Crippen molar-refractivity contribution in [3.05, 3.63) is 182 Å². The van der Waals surface area contributed by atoms with Crippen molar-refractivity contribution in [2.24, 2.45) is 0 Å². The van der Waals surface area contributed by atoms with Gasteiger partial charge in [-0.25, -0.2) is 0 Å². The summed E-state index contributed by atoms with van der Waals surface area (Å²) in [6.07, 6.45) is 0. The lowest BCUT2D eigenvalue weighted by atomic mass is 9.84. The van der Waals surface area contributed by atoms with Gasteiger partial charge in [-0.1, -0.05) is 182 Å². The van der Waals surface area contributed by atoms with E-state index < -0.39 is 78.6 Å². The molecular formula is C46H30O. The highest BCUT2D eigenvalue weighted by Gasteiger charge is 2.26. The summed E-state index contributed by atoms with van der Waals surface area (Å²) in [4.78, 5) is 0. The quantitative estimate of drug-likeness (QED) is 0.176. The van der Waals surface area contributed by atoms with Gasteiger partial charge >= 0.3 is 0 Å². The zero-order valence-electron chi connectivity index (χ0n) is 37.7. The van der Waals surface area contributed by atoms with Crippen molar-refractivity contribution in [1.29, 1.82) is 0 Å². The van der Waals surface area contributed by atoms with Gasteiger partial charge in [0, 0.05) is 27.6 Å². The van der Waals surface area contributed by atoms with Crippen molar-refractivity contribution in [3.8, 4) is 55.8 Å². The minimum absolute atomic E-state index is 0.0215. The Morgan fingerprint density at radius 2 is 0.851 bits per heavy atom. The van der Waals surface area contributed by atoms with Crippen LogP contribution in [0.3, 0.4) is 0 Å². The van der Waals surface area contributed by atoms with E-state index in [4.69, 9.17) is 16.8 Å². The molecule has 0 atom stereocenters. The second kappa shape index (κ2) is 11.3. The fourth-order valence-electron chi connectivity index (χ4n) is 6.45. The number of fused-ring (bicyclic) bond motifs is 3. The van der Waals surface area contributed by atoms with Crippen molar-refractivity contribution < 1.29 is 22.2 Å². The predicted octanol–water partition coefficient (Wildman–Crippen LogP) is 13.1.